The highest BCUT2D eigenvalue weighted by atomic mass is 16.5. The van der Waals surface area contributed by atoms with Crippen LogP contribution in [-0.4, -0.2) is 20.8 Å². The molecule has 0 bridgehead atoms. The lowest BCUT2D eigenvalue weighted by Crippen LogP contribution is -2.21. The zero-order chi connectivity index (χ0) is 13.7. The number of hydrogen-bond acceptors (Lipinski definition) is 4. The molecule has 2 rings (SSSR count). The lowest BCUT2D eigenvalue weighted by Gasteiger charge is -2.09. The van der Waals surface area contributed by atoms with Crippen LogP contribution in [0.3, 0.4) is 0 Å². The summed E-state index contributed by atoms with van der Waals surface area (Å²) in [5, 5.41) is 4.09. The molecule has 2 aromatic rings. The van der Waals surface area contributed by atoms with Gasteiger partial charge in [-0.05, 0) is 18.6 Å². The van der Waals surface area contributed by atoms with Crippen molar-refractivity contribution >= 4 is 0 Å². The van der Waals surface area contributed by atoms with E-state index >= 15 is 0 Å². The van der Waals surface area contributed by atoms with Crippen LogP contribution in [-0.2, 0) is 20.1 Å². The molecule has 2 aromatic heterocycles. The minimum absolute atomic E-state index is 0.176. The first kappa shape index (κ1) is 13.5. The van der Waals surface area contributed by atoms with Crippen LogP contribution in [0.25, 0.3) is 0 Å². The van der Waals surface area contributed by atoms with E-state index in [-0.39, 0.29) is 6.04 Å². The molecule has 0 spiro atoms. The molecule has 1 unspecified atom stereocenters. The largest absolute Gasteiger partial charge is 0.487 e. The van der Waals surface area contributed by atoms with E-state index in [4.69, 9.17) is 10.5 Å². The molecular weight excluding hydrogens is 240 g/mol. The average Bonchev–Trinajstić information content (AvgIpc) is 2.83. The zero-order valence-corrected chi connectivity index (χ0v) is 11.4. The molecule has 5 nitrogen and oxygen atoms in total. The topological polar surface area (TPSA) is 66.0 Å². The predicted octanol–water partition coefficient (Wildman–Crippen LogP) is 1.67. The summed E-state index contributed by atoms with van der Waals surface area (Å²) in [6.07, 6.45) is 7.23. The van der Waals surface area contributed by atoms with E-state index in [1.165, 1.54) is 0 Å². The van der Waals surface area contributed by atoms with Crippen molar-refractivity contribution in [1.29, 1.82) is 0 Å². The van der Waals surface area contributed by atoms with Gasteiger partial charge in [-0.25, -0.2) is 0 Å². The minimum atomic E-state index is 0.176. The van der Waals surface area contributed by atoms with Gasteiger partial charge in [-0.1, -0.05) is 6.92 Å². The number of pyridine rings is 1. The number of rotatable bonds is 6. The minimum Gasteiger partial charge on any atom is -0.487 e. The maximum atomic E-state index is 5.90. The number of nitrogens with zero attached hydrogens (tertiary/aromatic N) is 3. The third-order valence-corrected chi connectivity index (χ3v) is 2.96. The highest BCUT2D eigenvalue weighted by Crippen LogP contribution is 2.12. The first-order valence-electron chi connectivity index (χ1n) is 6.48. The number of aryl methyl sites for hydroxylation is 1. The SMILES string of the molecule is CCC(N)Cc1ccc(OCc2cnn(C)c2)cn1. The van der Waals surface area contributed by atoms with Crippen molar-refractivity contribution in [2.75, 3.05) is 0 Å². The average molecular weight is 260 g/mol. The van der Waals surface area contributed by atoms with Gasteiger partial charge in [0, 0.05) is 37.0 Å². The first-order chi connectivity index (χ1) is 9.17. The van der Waals surface area contributed by atoms with Crippen LogP contribution < -0.4 is 10.5 Å². The van der Waals surface area contributed by atoms with Gasteiger partial charge in [0.05, 0.1) is 12.4 Å². The fourth-order valence-corrected chi connectivity index (χ4v) is 1.74. The third kappa shape index (κ3) is 4.06. The lowest BCUT2D eigenvalue weighted by molar-refractivity contribution is 0.304. The molecule has 0 saturated heterocycles. The second kappa shape index (κ2) is 6.33. The second-order valence-electron chi connectivity index (χ2n) is 4.67. The molecule has 0 fully saturated rings. The number of nitrogens with two attached hydrogens (primary N) is 1. The summed E-state index contributed by atoms with van der Waals surface area (Å²) in [6.45, 7) is 2.58. The van der Waals surface area contributed by atoms with Crippen LogP contribution in [0.1, 0.15) is 24.6 Å². The van der Waals surface area contributed by atoms with Gasteiger partial charge in [-0.3, -0.25) is 9.67 Å². The Morgan fingerprint density at radius 2 is 2.21 bits per heavy atom. The smallest absolute Gasteiger partial charge is 0.138 e. The Labute approximate surface area is 113 Å². The Balaban J connectivity index is 1.88. The van der Waals surface area contributed by atoms with Crippen molar-refractivity contribution in [2.45, 2.75) is 32.4 Å². The molecule has 19 heavy (non-hydrogen) atoms. The maximum absolute atomic E-state index is 5.90. The van der Waals surface area contributed by atoms with Gasteiger partial charge in [0.25, 0.3) is 0 Å². The van der Waals surface area contributed by atoms with Crippen molar-refractivity contribution in [3.8, 4) is 5.75 Å². The Bertz CT molecular complexity index is 506. The maximum Gasteiger partial charge on any atom is 0.138 e. The highest BCUT2D eigenvalue weighted by molar-refractivity contribution is 5.21. The molecule has 0 aliphatic heterocycles. The zero-order valence-electron chi connectivity index (χ0n) is 11.4. The number of hydrogen-bond donors (Lipinski definition) is 1. The molecule has 0 amide bonds. The molecule has 0 aliphatic carbocycles. The quantitative estimate of drug-likeness (QED) is 0.858. The van der Waals surface area contributed by atoms with E-state index in [1.54, 1.807) is 17.1 Å². The summed E-state index contributed by atoms with van der Waals surface area (Å²) in [5.41, 5.74) is 7.94. The second-order valence-corrected chi connectivity index (χ2v) is 4.67. The third-order valence-electron chi connectivity index (χ3n) is 2.96. The van der Waals surface area contributed by atoms with Crippen molar-refractivity contribution in [1.82, 2.24) is 14.8 Å². The summed E-state index contributed by atoms with van der Waals surface area (Å²) < 4.78 is 7.40. The van der Waals surface area contributed by atoms with E-state index < -0.39 is 0 Å². The standard InChI is InChI=1S/C14H20N4O/c1-3-12(15)6-13-4-5-14(8-16-13)19-10-11-7-17-18(2)9-11/h4-5,7-9,12H,3,6,10,15H2,1-2H3. The van der Waals surface area contributed by atoms with Crippen molar-refractivity contribution in [3.05, 3.63) is 42.0 Å². The van der Waals surface area contributed by atoms with Crippen LogP contribution in [0, 0.1) is 0 Å². The summed E-state index contributed by atoms with van der Waals surface area (Å²) in [6, 6.07) is 4.07. The van der Waals surface area contributed by atoms with Gasteiger partial charge >= 0.3 is 0 Å². The summed E-state index contributed by atoms with van der Waals surface area (Å²) >= 11 is 0. The molecule has 0 radical (unpaired) electrons. The molecule has 5 heteroatoms. The monoisotopic (exact) mass is 260 g/mol. The van der Waals surface area contributed by atoms with E-state index in [0.717, 1.165) is 29.8 Å². The van der Waals surface area contributed by atoms with Crippen molar-refractivity contribution in [2.24, 2.45) is 12.8 Å². The van der Waals surface area contributed by atoms with Crippen LogP contribution in [0.4, 0.5) is 0 Å². The van der Waals surface area contributed by atoms with Crippen molar-refractivity contribution < 1.29 is 4.74 Å². The Hall–Kier alpha value is -1.88. The van der Waals surface area contributed by atoms with E-state index in [0.29, 0.717) is 6.61 Å². The fraction of sp³-hybridized carbons (Fsp3) is 0.429. The van der Waals surface area contributed by atoms with Crippen LogP contribution in [0.15, 0.2) is 30.7 Å². The highest BCUT2D eigenvalue weighted by Gasteiger charge is 2.03. The van der Waals surface area contributed by atoms with E-state index in [9.17, 15) is 0 Å². The number of ether oxygens (including phenoxy) is 1. The summed E-state index contributed by atoms with van der Waals surface area (Å²) in [5.74, 6) is 0.762. The summed E-state index contributed by atoms with van der Waals surface area (Å²) in [4.78, 5) is 4.36. The van der Waals surface area contributed by atoms with Gasteiger partial charge < -0.3 is 10.5 Å². The number of aromatic nitrogens is 3. The van der Waals surface area contributed by atoms with Gasteiger partial charge in [0.15, 0.2) is 0 Å². The van der Waals surface area contributed by atoms with Crippen molar-refractivity contribution in [3.63, 3.8) is 0 Å². The normalized spacial score (nSPS) is 12.4. The predicted molar refractivity (Wildman–Crippen MR) is 73.7 cm³/mol. The summed E-state index contributed by atoms with van der Waals surface area (Å²) in [7, 11) is 1.89. The van der Waals surface area contributed by atoms with Gasteiger partial charge in [0.2, 0.25) is 0 Å². The first-order valence-corrected chi connectivity index (χ1v) is 6.48. The van der Waals surface area contributed by atoms with Gasteiger partial charge in [0.1, 0.15) is 12.4 Å². The van der Waals surface area contributed by atoms with E-state index in [2.05, 4.69) is 17.0 Å². The van der Waals surface area contributed by atoms with Crippen LogP contribution >= 0.6 is 0 Å². The molecule has 0 saturated carbocycles. The molecular formula is C14H20N4O. The molecule has 2 N–H and O–H groups in total. The van der Waals surface area contributed by atoms with Crippen LogP contribution in [0.2, 0.25) is 0 Å². The molecule has 0 aliphatic rings. The van der Waals surface area contributed by atoms with Gasteiger partial charge in [-0.15, -0.1) is 0 Å². The van der Waals surface area contributed by atoms with Gasteiger partial charge in [-0.2, -0.15) is 5.10 Å². The molecule has 102 valence electrons. The Kier molecular flexibility index (Phi) is 4.52. The lowest BCUT2D eigenvalue weighted by atomic mass is 10.1. The fourth-order valence-electron chi connectivity index (χ4n) is 1.74. The Morgan fingerprint density at radius 3 is 2.79 bits per heavy atom. The Morgan fingerprint density at radius 1 is 1.37 bits per heavy atom. The molecule has 1 atom stereocenters. The molecule has 0 aromatic carbocycles. The van der Waals surface area contributed by atoms with E-state index in [1.807, 2.05) is 25.4 Å². The van der Waals surface area contributed by atoms with Crippen LogP contribution in [0.5, 0.6) is 5.75 Å². The molecule has 2 heterocycles.